The van der Waals surface area contributed by atoms with E-state index in [4.69, 9.17) is 0 Å². The van der Waals surface area contributed by atoms with Gasteiger partial charge in [-0.05, 0) is 50.2 Å². The molecule has 2 aliphatic rings. The molecule has 4 rings (SSSR count). The van der Waals surface area contributed by atoms with E-state index in [1.54, 1.807) is 11.3 Å². The molecule has 2 fully saturated rings. The highest BCUT2D eigenvalue weighted by Crippen LogP contribution is 2.56. The molecule has 1 aliphatic heterocycles. The molecule has 2 aromatic rings. The molecule has 7 heteroatoms. The van der Waals surface area contributed by atoms with Crippen LogP contribution in [0.4, 0.5) is 0 Å². The average molecular weight is 363 g/mol. The molecule has 5 nitrogen and oxygen atoms in total. The number of nitrogens with zero attached hydrogens (tertiary/aromatic N) is 4. The van der Waals surface area contributed by atoms with E-state index in [1.807, 2.05) is 28.8 Å². The highest BCUT2D eigenvalue weighted by molar-refractivity contribution is 7.09. The van der Waals surface area contributed by atoms with Gasteiger partial charge in [0.2, 0.25) is 0 Å². The van der Waals surface area contributed by atoms with Crippen molar-refractivity contribution in [1.29, 1.82) is 0 Å². The molecule has 0 radical (unpaired) electrons. The van der Waals surface area contributed by atoms with Crippen molar-refractivity contribution in [2.24, 2.45) is 5.41 Å². The number of hydrogen-bond acceptors (Lipinski definition) is 6. The molecule has 3 heterocycles. The summed E-state index contributed by atoms with van der Waals surface area (Å²) in [7, 11) is 2.21. The Morgan fingerprint density at radius 2 is 2.25 bits per heavy atom. The molecule has 1 atom stereocenters. The maximum Gasteiger partial charge on any atom is 0.256 e. The highest BCUT2D eigenvalue weighted by Gasteiger charge is 2.56. The van der Waals surface area contributed by atoms with Crippen LogP contribution in [0.5, 0.6) is 0 Å². The largest absolute Gasteiger partial charge is 0.339 e. The van der Waals surface area contributed by atoms with Gasteiger partial charge in [0.05, 0.1) is 17.8 Å². The number of amides is 1. The first kappa shape index (κ1) is 16.2. The number of likely N-dealkylation sites (tertiary alicyclic amines) is 1. The summed E-state index contributed by atoms with van der Waals surface area (Å²) in [6.45, 7) is 4.59. The van der Waals surface area contributed by atoms with Gasteiger partial charge in [0.25, 0.3) is 5.91 Å². The van der Waals surface area contributed by atoms with Crippen molar-refractivity contribution in [3.63, 3.8) is 0 Å². The first-order valence-electron chi connectivity index (χ1n) is 8.38. The Bertz CT molecular complexity index is 719. The third-order valence-corrected chi connectivity index (χ3v) is 7.06. The molecule has 1 spiro atoms. The second-order valence-corrected chi connectivity index (χ2v) is 8.64. The number of carbonyl (C=O) groups is 1. The highest BCUT2D eigenvalue weighted by atomic mass is 32.1. The van der Waals surface area contributed by atoms with Crippen LogP contribution in [0, 0.1) is 12.3 Å². The summed E-state index contributed by atoms with van der Waals surface area (Å²) >= 11 is 3.09. The van der Waals surface area contributed by atoms with Crippen LogP contribution in [-0.4, -0.2) is 51.2 Å². The van der Waals surface area contributed by atoms with Crippen molar-refractivity contribution in [3.8, 4) is 0 Å². The van der Waals surface area contributed by atoms with Gasteiger partial charge in [-0.1, -0.05) is 0 Å². The summed E-state index contributed by atoms with van der Waals surface area (Å²) in [5, 5.41) is 5.11. The number of aromatic nitrogens is 2. The fraction of sp³-hybridized carbons (Fsp3) is 0.588. The van der Waals surface area contributed by atoms with E-state index in [-0.39, 0.29) is 5.91 Å². The van der Waals surface area contributed by atoms with Gasteiger partial charge in [0.1, 0.15) is 5.01 Å². The second-order valence-electron chi connectivity index (χ2n) is 7.03. The summed E-state index contributed by atoms with van der Waals surface area (Å²) in [5.74, 6) is 0.157. The lowest BCUT2D eigenvalue weighted by Crippen LogP contribution is -2.41. The molecule has 1 aliphatic carbocycles. The van der Waals surface area contributed by atoms with Crippen molar-refractivity contribution >= 4 is 28.8 Å². The predicted molar refractivity (Wildman–Crippen MR) is 96.4 cm³/mol. The lowest BCUT2D eigenvalue weighted by Gasteiger charge is -2.34. The minimum atomic E-state index is 0.157. The fourth-order valence-electron chi connectivity index (χ4n) is 3.96. The fourth-order valence-corrected chi connectivity index (χ4v) is 5.33. The zero-order chi connectivity index (χ0) is 16.7. The van der Waals surface area contributed by atoms with Crippen molar-refractivity contribution in [2.75, 3.05) is 20.1 Å². The van der Waals surface area contributed by atoms with Gasteiger partial charge in [0.15, 0.2) is 0 Å². The molecule has 1 saturated heterocycles. The van der Waals surface area contributed by atoms with E-state index in [0.29, 0.717) is 11.5 Å². The van der Waals surface area contributed by atoms with E-state index in [1.165, 1.54) is 23.0 Å². The summed E-state index contributed by atoms with van der Waals surface area (Å²) in [6, 6.07) is 0.642. The Balaban J connectivity index is 1.34. The van der Waals surface area contributed by atoms with Gasteiger partial charge in [0, 0.05) is 36.1 Å². The van der Waals surface area contributed by atoms with Gasteiger partial charge in [-0.15, -0.1) is 11.3 Å². The van der Waals surface area contributed by atoms with Gasteiger partial charge in [-0.25, -0.2) is 4.98 Å². The molecule has 128 valence electrons. The third-order valence-electron chi connectivity index (χ3n) is 5.57. The van der Waals surface area contributed by atoms with E-state index >= 15 is 0 Å². The van der Waals surface area contributed by atoms with Crippen LogP contribution in [0.25, 0.3) is 0 Å². The van der Waals surface area contributed by atoms with Crippen molar-refractivity contribution in [3.05, 3.63) is 33.2 Å². The standard InChI is InChI=1S/C17H22N4OS2/c1-12-13(11-24-19-12)16(22)21-6-3-17(4-7-21)9-14(17)20(2)10-15-18-5-8-23-15/h5,8,11,14H,3-4,6-7,9-10H2,1-2H3/t14-/m1/s1. The van der Waals surface area contributed by atoms with Crippen LogP contribution < -0.4 is 0 Å². The Kier molecular flexibility index (Phi) is 4.18. The van der Waals surface area contributed by atoms with Gasteiger partial charge >= 0.3 is 0 Å². The monoisotopic (exact) mass is 362 g/mol. The van der Waals surface area contributed by atoms with E-state index < -0.39 is 0 Å². The smallest absolute Gasteiger partial charge is 0.256 e. The maximum absolute atomic E-state index is 12.6. The predicted octanol–water partition coefficient (Wildman–Crippen LogP) is 3.03. The summed E-state index contributed by atoms with van der Waals surface area (Å²) in [5.41, 5.74) is 2.06. The molecule has 1 saturated carbocycles. The van der Waals surface area contributed by atoms with Crippen LogP contribution in [0.15, 0.2) is 17.0 Å². The van der Waals surface area contributed by atoms with E-state index in [9.17, 15) is 4.79 Å². The summed E-state index contributed by atoms with van der Waals surface area (Å²) in [4.78, 5) is 21.5. The zero-order valence-corrected chi connectivity index (χ0v) is 15.7. The van der Waals surface area contributed by atoms with Crippen molar-refractivity contribution in [1.82, 2.24) is 19.2 Å². The first-order valence-corrected chi connectivity index (χ1v) is 10.1. The molecule has 0 aromatic carbocycles. The van der Waals surface area contributed by atoms with Crippen molar-refractivity contribution < 1.29 is 4.79 Å². The molecular weight excluding hydrogens is 340 g/mol. The Labute approximate surface area is 150 Å². The molecule has 24 heavy (non-hydrogen) atoms. The normalized spacial score (nSPS) is 22.3. The van der Waals surface area contributed by atoms with Crippen LogP contribution in [-0.2, 0) is 6.54 Å². The number of rotatable bonds is 4. The number of thiazole rings is 1. The van der Waals surface area contributed by atoms with Crippen LogP contribution in [0.3, 0.4) is 0 Å². The number of piperidine rings is 1. The molecule has 0 bridgehead atoms. The Morgan fingerprint density at radius 1 is 1.46 bits per heavy atom. The minimum Gasteiger partial charge on any atom is -0.339 e. The number of carbonyl (C=O) groups excluding carboxylic acids is 1. The van der Waals surface area contributed by atoms with Crippen LogP contribution in [0.2, 0.25) is 0 Å². The SMILES string of the molecule is Cc1nscc1C(=O)N1CCC2(CC1)C[C@H]2N(C)Cc1nccs1. The molecular formula is C17H22N4OS2. The molecule has 0 N–H and O–H groups in total. The van der Waals surface area contributed by atoms with Crippen LogP contribution in [0.1, 0.15) is 40.3 Å². The lowest BCUT2D eigenvalue weighted by molar-refractivity contribution is 0.0657. The molecule has 1 amide bonds. The molecule has 2 aromatic heterocycles. The topological polar surface area (TPSA) is 49.3 Å². The third kappa shape index (κ3) is 2.89. The van der Waals surface area contributed by atoms with Gasteiger partial charge < -0.3 is 4.90 Å². The maximum atomic E-state index is 12.6. The molecule has 0 unspecified atom stereocenters. The average Bonchev–Trinajstić information content (AvgIpc) is 2.94. The zero-order valence-electron chi connectivity index (χ0n) is 14.1. The van der Waals surface area contributed by atoms with Crippen molar-refractivity contribution in [2.45, 2.75) is 38.8 Å². The summed E-state index contributed by atoms with van der Waals surface area (Å²) in [6.07, 6.45) is 5.36. The Morgan fingerprint density at radius 3 is 2.88 bits per heavy atom. The quantitative estimate of drug-likeness (QED) is 0.839. The van der Waals surface area contributed by atoms with E-state index in [2.05, 4.69) is 21.3 Å². The minimum absolute atomic E-state index is 0.157. The lowest BCUT2D eigenvalue weighted by atomic mass is 9.92. The second kappa shape index (κ2) is 6.20. The van der Waals surface area contributed by atoms with Gasteiger partial charge in [-0.3, -0.25) is 9.69 Å². The van der Waals surface area contributed by atoms with Crippen LogP contribution >= 0.6 is 22.9 Å². The number of aryl methyl sites for hydroxylation is 1. The first-order chi connectivity index (χ1) is 11.6. The number of hydrogen-bond donors (Lipinski definition) is 0. The van der Waals surface area contributed by atoms with Gasteiger partial charge in [-0.2, -0.15) is 4.37 Å². The Hall–Kier alpha value is -1.31. The van der Waals surface area contributed by atoms with E-state index in [0.717, 1.165) is 43.7 Å². The summed E-state index contributed by atoms with van der Waals surface area (Å²) < 4.78 is 4.23.